The van der Waals surface area contributed by atoms with E-state index < -0.39 is 0 Å². The molecule has 0 radical (unpaired) electrons. The quantitative estimate of drug-likeness (QED) is 0.769. The Balaban J connectivity index is 1.70. The van der Waals surface area contributed by atoms with Gasteiger partial charge in [0.05, 0.1) is 0 Å². The molecule has 0 aliphatic heterocycles. The summed E-state index contributed by atoms with van der Waals surface area (Å²) >= 11 is 0. The number of ketones is 1. The van der Waals surface area contributed by atoms with Crippen LogP contribution in [0.3, 0.4) is 0 Å². The maximum atomic E-state index is 12.6. The Morgan fingerprint density at radius 3 is 2.63 bits per heavy atom. The van der Waals surface area contributed by atoms with Gasteiger partial charge in [0.1, 0.15) is 5.78 Å². The molecule has 0 N–H and O–H groups in total. The minimum absolute atomic E-state index is 0.201. The van der Waals surface area contributed by atoms with Gasteiger partial charge >= 0.3 is 0 Å². The summed E-state index contributed by atoms with van der Waals surface area (Å²) in [6.07, 6.45) is 10.8. The molecule has 1 aromatic rings. The Labute approximate surface area is 116 Å². The second-order valence-corrected chi connectivity index (χ2v) is 6.32. The van der Waals surface area contributed by atoms with Crippen LogP contribution < -0.4 is 0 Å². The van der Waals surface area contributed by atoms with Crippen molar-refractivity contribution in [3.05, 3.63) is 35.4 Å². The first-order chi connectivity index (χ1) is 9.34. The number of hydrogen-bond donors (Lipinski definition) is 0. The molecule has 1 heteroatoms. The van der Waals surface area contributed by atoms with Gasteiger partial charge in [-0.15, -0.1) is 0 Å². The molecule has 19 heavy (non-hydrogen) atoms. The third kappa shape index (κ3) is 2.91. The predicted molar refractivity (Wildman–Crippen MR) is 78.3 cm³/mol. The summed E-state index contributed by atoms with van der Waals surface area (Å²) < 4.78 is 0. The fourth-order valence-electron chi connectivity index (χ4n) is 3.91. The van der Waals surface area contributed by atoms with Gasteiger partial charge in [-0.05, 0) is 36.3 Å². The number of hydrogen-bond acceptors (Lipinski definition) is 1. The van der Waals surface area contributed by atoms with Crippen LogP contribution in [0.4, 0.5) is 0 Å². The molecule has 3 rings (SSSR count). The summed E-state index contributed by atoms with van der Waals surface area (Å²) in [5.74, 6) is 1.39. The highest BCUT2D eigenvalue weighted by Gasteiger charge is 2.28. The lowest BCUT2D eigenvalue weighted by Gasteiger charge is -2.27. The first-order valence-corrected chi connectivity index (χ1v) is 7.95. The molecular weight excluding hydrogens is 232 g/mol. The first kappa shape index (κ1) is 12.9. The number of benzene rings is 1. The predicted octanol–water partition coefficient (Wildman–Crippen LogP) is 4.65. The van der Waals surface area contributed by atoms with Crippen LogP contribution >= 0.6 is 0 Å². The minimum Gasteiger partial charge on any atom is -0.299 e. The molecule has 2 aliphatic carbocycles. The second-order valence-electron chi connectivity index (χ2n) is 6.32. The van der Waals surface area contributed by atoms with Crippen LogP contribution in [0.25, 0.3) is 0 Å². The summed E-state index contributed by atoms with van der Waals surface area (Å²) in [7, 11) is 0. The number of Topliss-reactive ketones (excluding diaryl/α,β-unsaturated/α-hetero) is 1. The van der Waals surface area contributed by atoms with Gasteiger partial charge in [-0.2, -0.15) is 0 Å². The van der Waals surface area contributed by atoms with E-state index in [1.807, 2.05) is 0 Å². The van der Waals surface area contributed by atoms with Gasteiger partial charge in [-0.3, -0.25) is 4.79 Å². The molecule has 0 heterocycles. The molecule has 1 fully saturated rings. The van der Waals surface area contributed by atoms with Crippen molar-refractivity contribution in [2.75, 3.05) is 0 Å². The van der Waals surface area contributed by atoms with Crippen LogP contribution in [-0.2, 0) is 11.2 Å². The highest BCUT2D eigenvalue weighted by molar-refractivity contribution is 5.86. The van der Waals surface area contributed by atoms with Crippen LogP contribution in [0.15, 0.2) is 24.3 Å². The highest BCUT2D eigenvalue weighted by atomic mass is 16.1. The normalized spacial score (nSPS) is 23.9. The summed E-state index contributed by atoms with van der Waals surface area (Å²) in [6.45, 7) is 0. The van der Waals surface area contributed by atoms with E-state index in [1.54, 1.807) is 0 Å². The number of fused-ring (bicyclic) bond motifs is 1. The van der Waals surface area contributed by atoms with E-state index in [-0.39, 0.29) is 5.92 Å². The van der Waals surface area contributed by atoms with Crippen LogP contribution in [0.2, 0.25) is 0 Å². The molecule has 2 aliphatic rings. The van der Waals surface area contributed by atoms with Crippen LogP contribution in [0.5, 0.6) is 0 Å². The average Bonchev–Trinajstić information content (AvgIpc) is 2.47. The van der Waals surface area contributed by atoms with Gasteiger partial charge in [0.2, 0.25) is 0 Å². The number of rotatable bonds is 3. The van der Waals surface area contributed by atoms with E-state index in [1.165, 1.54) is 49.7 Å². The zero-order valence-electron chi connectivity index (χ0n) is 11.7. The lowest BCUT2D eigenvalue weighted by Crippen LogP contribution is -2.21. The van der Waals surface area contributed by atoms with Gasteiger partial charge in [0, 0.05) is 12.3 Å². The topological polar surface area (TPSA) is 17.1 Å². The van der Waals surface area contributed by atoms with Crippen LogP contribution in [-0.4, -0.2) is 5.78 Å². The van der Waals surface area contributed by atoms with E-state index in [0.717, 1.165) is 19.3 Å². The molecule has 1 saturated carbocycles. The van der Waals surface area contributed by atoms with Gasteiger partial charge in [-0.1, -0.05) is 56.4 Å². The van der Waals surface area contributed by atoms with Gasteiger partial charge in [0.25, 0.3) is 0 Å². The van der Waals surface area contributed by atoms with Crippen molar-refractivity contribution < 1.29 is 4.79 Å². The molecule has 1 unspecified atom stereocenters. The van der Waals surface area contributed by atoms with E-state index in [9.17, 15) is 4.79 Å². The van der Waals surface area contributed by atoms with E-state index in [4.69, 9.17) is 0 Å². The molecule has 1 atom stereocenters. The Morgan fingerprint density at radius 1 is 1.00 bits per heavy atom. The van der Waals surface area contributed by atoms with Crippen molar-refractivity contribution in [3.8, 4) is 0 Å². The van der Waals surface area contributed by atoms with Crippen molar-refractivity contribution in [2.24, 2.45) is 5.92 Å². The standard InChI is InChI=1S/C18H24O/c19-18(13-14-7-2-1-3-8-14)17-12-6-10-15-9-4-5-11-16(15)17/h4-5,9,11,14,17H,1-3,6-8,10,12-13H2. The largest absolute Gasteiger partial charge is 0.299 e. The lowest BCUT2D eigenvalue weighted by atomic mass is 9.76. The molecular formula is C18H24O. The maximum Gasteiger partial charge on any atom is 0.140 e. The van der Waals surface area contributed by atoms with E-state index in [2.05, 4.69) is 24.3 Å². The average molecular weight is 256 g/mol. The summed E-state index contributed by atoms with van der Waals surface area (Å²) in [4.78, 5) is 12.6. The summed E-state index contributed by atoms with van der Waals surface area (Å²) in [6, 6.07) is 8.57. The van der Waals surface area contributed by atoms with E-state index >= 15 is 0 Å². The van der Waals surface area contributed by atoms with Crippen LogP contribution in [0, 0.1) is 5.92 Å². The Bertz CT molecular complexity index is 443. The minimum atomic E-state index is 0.201. The first-order valence-electron chi connectivity index (χ1n) is 7.95. The molecule has 1 nitrogen and oxygen atoms in total. The SMILES string of the molecule is O=C(CC1CCCCC1)C1CCCc2ccccc21. The van der Waals surface area contributed by atoms with E-state index in [0.29, 0.717) is 11.7 Å². The summed E-state index contributed by atoms with van der Waals surface area (Å²) in [5, 5.41) is 0. The number of carbonyl (C=O) groups is 1. The molecule has 0 bridgehead atoms. The second kappa shape index (κ2) is 5.90. The number of aryl methyl sites for hydroxylation is 1. The third-order valence-electron chi connectivity index (χ3n) is 4.97. The van der Waals surface area contributed by atoms with Crippen molar-refractivity contribution in [1.29, 1.82) is 0 Å². The molecule has 0 spiro atoms. The van der Waals surface area contributed by atoms with Gasteiger partial charge < -0.3 is 0 Å². The van der Waals surface area contributed by atoms with Gasteiger partial charge in [-0.25, -0.2) is 0 Å². The monoisotopic (exact) mass is 256 g/mol. The molecule has 1 aromatic carbocycles. The zero-order chi connectivity index (χ0) is 13.1. The zero-order valence-corrected chi connectivity index (χ0v) is 11.7. The van der Waals surface area contributed by atoms with Crippen LogP contribution in [0.1, 0.15) is 68.4 Å². The van der Waals surface area contributed by atoms with Crippen molar-refractivity contribution in [1.82, 2.24) is 0 Å². The van der Waals surface area contributed by atoms with Crippen molar-refractivity contribution >= 4 is 5.78 Å². The third-order valence-corrected chi connectivity index (χ3v) is 4.97. The fraction of sp³-hybridized carbons (Fsp3) is 0.611. The van der Waals surface area contributed by atoms with Crippen molar-refractivity contribution in [3.63, 3.8) is 0 Å². The lowest BCUT2D eigenvalue weighted by molar-refractivity contribution is -0.122. The smallest absolute Gasteiger partial charge is 0.140 e. The fourth-order valence-corrected chi connectivity index (χ4v) is 3.91. The molecule has 102 valence electrons. The van der Waals surface area contributed by atoms with Gasteiger partial charge in [0.15, 0.2) is 0 Å². The Kier molecular flexibility index (Phi) is 4.00. The highest BCUT2D eigenvalue weighted by Crippen LogP contribution is 2.35. The summed E-state index contributed by atoms with van der Waals surface area (Å²) in [5.41, 5.74) is 2.74. The Morgan fingerprint density at radius 2 is 1.79 bits per heavy atom. The Hall–Kier alpha value is -1.11. The molecule has 0 aromatic heterocycles. The maximum absolute atomic E-state index is 12.6. The molecule has 0 amide bonds. The number of carbonyl (C=O) groups excluding carboxylic acids is 1. The van der Waals surface area contributed by atoms with Crippen molar-refractivity contribution in [2.45, 2.75) is 63.7 Å². The molecule has 0 saturated heterocycles.